The first-order valence-electron chi connectivity index (χ1n) is 5.58. The molecule has 1 saturated heterocycles. The molecule has 1 aromatic heterocycles. The normalized spacial score (nSPS) is 21.4. The van der Waals surface area contributed by atoms with E-state index in [1.807, 2.05) is 17.9 Å². The average molecular weight is 217 g/mol. The Labute approximate surface area is 94.2 Å². The maximum absolute atomic E-state index is 5.73. The van der Waals surface area contributed by atoms with Gasteiger partial charge in [-0.25, -0.2) is 0 Å². The van der Waals surface area contributed by atoms with Gasteiger partial charge in [0, 0.05) is 25.5 Å². The molecule has 1 atom stereocenters. The quantitative estimate of drug-likeness (QED) is 0.781. The molecule has 0 bridgehead atoms. The van der Waals surface area contributed by atoms with Gasteiger partial charge in [0.25, 0.3) is 0 Å². The number of ether oxygens (including phenoxy) is 1. The van der Waals surface area contributed by atoms with E-state index in [1.54, 1.807) is 0 Å². The van der Waals surface area contributed by atoms with Crippen molar-refractivity contribution in [3.8, 4) is 0 Å². The van der Waals surface area contributed by atoms with Crippen LogP contribution >= 0.6 is 0 Å². The number of fused-ring (bicyclic) bond motifs is 1. The van der Waals surface area contributed by atoms with E-state index in [9.17, 15) is 0 Å². The van der Waals surface area contributed by atoms with Crippen LogP contribution in [0.4, 0.5) is 0 Å². The van der Waals surface area contributed by atoms with Crippen molar-refractivity contribution in [1.82, 2.24) is 15.1 Å². The van der Waals surface area contributed by atoms with Gasteiger partial charge in [0.15, 0.2) is 0 Å². The van der Waals surface area contributed by atoms with E-state index in [0.717, 1.165) is 25.2 Å². The predicted molar refractivity (Wildman–Crippen MR) is 62.3 cm³/mol. The molecular weight excluding hydrogens is 202 g/mol. The van der Waals surface area contributed by atoms with Gasteiger partial charge in [0.05, 0.1) is 24.4 Å². The van der Waals surface area contributed by atoms with Crippen molar-refractivity contribution in [3.05, 3.63) is 30.0 Å². The molecule has 3 rings (SSSR count). The SMILES string of the molecule is Cn1ncc2cc(C3CNCCO3)ccc21. The Hall–Kier alpha value is -1.39. The lowest BCUT2D eigenvalue weighted by atomic mass is 10.1. The highest BCUT2D eigenvalue weighted by Gasteiger charge is 2.16. The van der Waals surface area contributed by atoms with Gasteiger partial charge in [-0.05, 0) is 17.7 Å². The molecule has 16 heavy (non-hydrogen) atoms. The van der Waals surface area contributed by atoms with Crippen molar-refractivity contribution in [3.63, 3.8) is 0 Å². The van der Waals surface area contributed by atoms with Crippen LogP contribution in [0, 0.1) is 0 Å². The zero-order valence-corrected chi connectivity index (χ0v) is 9.31. The number of aryl methyl sites for hydroxylation is 1. The first-order valence-corrected chi connectivity index (χ1v) is 5.58. The van der Waals surface area contributed by atoms with Gasteiger partial charge in [0.1, 0.15) is 0 Å². The highest BCUT2D eigenvalue weighted by Crippen LogP contribution is 2.23. The zero-order chi connectivity index (χ0) is 11.0. The lowest BCUT2D eigenvalue weighted by molar-refractivity contribution is 0.0278. The Bertz CT molecular complexity index is 500. The fourth-order valence-corrected chi connectivity index (χ4v) is 2.16. The van der Waals surface area contributed by atoms with Crippen molar-refractivity contribution in [1.29, 1.82) is 0 Å². The Balaban J connectivity index is 1.97. The molecule has 0 amide bonds. The number of aromatic nitrogens is 2. The number of hydrogen-bond donors (Lipinski definition) is 1. The Kier molecular flexibility index (Phi) is 2.38. The molecule has 1 aliphatic heterocycles. The van der Waals surface area contributed by atoms with Gasteiger partial charge in [-0.2, -0.15) is 5.10 Å². The number of hydrogen-bond acceptors (Lipinski definition) is 3. The summed E-state index contributed by atoms with van der Waals surface area (Å²) in [5.74, 6) is 0. The third-order valence-corrected chi connectivity index (χ3v) is 3.07. The van der Waals surface area contributed by atoms with E-state index >= 15 is 0 Å². The fraction of sp³-hybridized carbons (Fsp3) is 0.417. The Morgan fingerprint density at radius 3 is 3.25 bits per heavy atom. The molecule has 0 spiro atoms. The lowest BCUT2D eigenvalue weighted by Crippen LogP contribution is -2.33. The molecule has 0 aliphatic carbocycles. The van der Waals surface area contributed by atoms with Crippen LogP contribution in [0.5, 0.6) is 0 Å². The van der Waals surface area contributed by atoms with E-state index < -0.39 is 0 Å². The van der Waals surface area contributed by atoms with Gasteiger partial charge >= 0.3 is 0 Å². The number of morpholine rings is 1. The zero-order valence-electron chi connectivity index (χ0n) is 9.31. The molecule has 1 fully saturated rings. The second-order valence-corrected chi connectivity index (χ2v) is 4.15. The van der Waals surface area contributed by atoms with Crippen LogP contribution in [0.2, 0.25) is 0 Å². The van der Waals surface area contributed by atoms with Crippen molar-refractivity contribution in [2.75, 3.05) is 19.7 Å². The van der Waals surface area contributed by atoms with Crippen LogP contribution in [0.15, 0.2) is 24.4 Å². The smallest absolute Gasteiger partial charge is 0.0950 e. The molecule has 0 radical (unpaired) electrons. The molecule has 2 aromatic rings. The molecular formula is C12H15N3O. The maximum atomic E-state index is 5.73. The Morgan fingerprint density at radius 1 is 1.50 bits per heavy atom. The Morgan fingerprint density at radius 2 is 2.44 bits per heavy atom. The van der Waals surface area contributed by atoms with Crippen molar-refractivity contribution < 1.29 is 4.74 Å². The highest BCUT2D eigenvalue weighted by atomic mass is 16.5. The summed E-state index contributed by atoms with van der Waals surface area (Å²) >= 11 is 0. The lowest BCUT2D eigenvalue weighted by Gasteiger charge is -2.23. The van der Waals surface area contributed by atoms with Gasteiger partial charge in [-0.15, -0.1) is 0 Å². The van der Waals surface area contributed by atoms with E-state index in [0.29, 0.717) is 0 Å². The summed E-state index contributed by atoms with van der Waals surface area (Å²) in [5, 5.41) is 8.76. The van der Waals surface area contributed by atoms with E-state index in [2.05, 4.69) is 28.6 Å². The summed E-state index contributed by atoms with van der Waals surface area (Å²) in [7, 11) is 1.96. The molecule has 4 nitrogen and oxygen atoms in total. The van der Waals surface area contributed by atoms with Gasteiger partial charge < -0.3 is 10.1 Å². The molecule has 1 N–H and O–H groups in total. The van der Waals surface area contributed by atoms with Crippen LogP contribution in [0.3, 0.4) is 0 Å². The second kappa shape index (κ2) is 3.88. The number of rotatable bonds is 1. The summed E-state index contributed by atoms with van der Waals surface area (Å²) in [6.07, 6.45) is 2.08. The van der Waals surface area contributed by atoms with Gasteiger partial charge in [-0.1, -0.05) is 6.07 Å². The summed E-state index contributed by atoms with van der Waals surface area (Å²) in [5.41, 5.74) is 2.39. The van der Waals surface area contributed by atoms with Crippen LogP contribution in [0.25, 0.3) is 10.9 Å². The van der Waals surface area contributed by atoms with Crippen LogP contribution in [0.1, 0.15) is 11.7 Å². The molecule has 2 heterocycles. The highest BCUT2D eigenvalue weighted by molar-refractivity contribution is 5.79. The first-order chi connectivity index (χ1) is 7.84. The fourth-order valence-electron chi connectivity index (χ4n) is 2.16. The number of nitrogens with one attached hydrogen (secondary N) is 1. The molecule has 1 aromatic carbocycles. The minimum atomic E-state index is 0.179. The van der Waals surface area contributed by atoms with Crippen LogP contribution < -0.4 is 5.32 Å². The minimum absolute atomic E-state index is 0.179. The summed E-state index contributed by atoms with van der Waals surface area (Å²) in [4.78, 5) is 0. The topological polar surface area (TPSA) is 39.1 Å². The van der Waals surface area contributed by atoms with Crippen LogP contribution in [-0.4, -0.2) is 29.5 Å². The minimum Gasteiger partial charge on any atom is -0.371 e. The first kappa shape index (κ1) is 9.81. The van der Waals surface area contributed by atoms with Gasteiger partial charge in [0.2, 0.25) is 0 Å². The van der Waals surface area contributed by atoms with E-state index in [4.69, 9.17) is 4.74 Å². The summed E-state index contributed by atoms with van der Waals surface area (Å²) < 4.78 is 7.62. The average Bonchev–Trinajstić information content (AvgIpc) is 2.72. The van der Waals surface area contributed by atoms with Crippen molar-refractivity contribution in [2.24, 2.45) is 7.05 Å². The standard InChI is InChI=1S/C12H15N3O/c1-15-11-3-2-9(6-10(11)7-14-15)12-8-13-4-5-16-12/h2-3,6-7,12-13H,4-5,8H2,1H3. The third kappa shape index (κ3) is 1.60. The van der Waals surface area contributed by atoms with Crippen molar-refractivity contribution in [2.45, 2.75) is 6.10 Å². The van der Waals surface area contributed by atoms with Crippen molar-refractivity contribution >= 4 is 10.9 Å². The summed E-state index contributed by atoms with van der Waals surface area (Å²) in [6.45, 7) is 2.63. The predicted octanol–water partition coefficient (Wildman–Crippen LogP) is 1.23. The molecule has 1 unspecified atom stereocenters. The molecule has 4 heteroatoms. The van der Waals surface area contributed by atoms with E-state index in [-0.39, 0.29) is 6.10 Å². The second-order valence-electron chi connectivity index (χ2n) is 4.15. The number of benzene rings is 1. The molecule has 84 valence electrons. The van der Waals surface area contributed by atoms with Crippen LogP contribution in [-0.2, 0) is 11.8 Å². The third-order valence-electron chi connectivity index (χ3n) is 3.07. The largest absolute Gasteiger partial charge is 0.371 e. The van der Waals surface area contributed by atoms with Gasteiger partial charge in [-0.3, -0.25) is 4.68 Å². The monoisotopic (exact) mass is 217 g/mol. The molecule has 0 saturated carbocycles. The summed E-state index contributed by atoms with van der Waals surface area (Å²) in [6, 6.07) is 6.40. The van der Waals surface area contributed by atoms with E-state index in [1.165, 1.54) is 10.9 Å². The molecule has 1 aliphatic rings. The maximum Gasteiger partial charge on any atom is 0.0950 e. The number of nitrogens with zero attached hydrogens (tertiary/aromatic N) is 2.